The van der Waals surface area contributed by atoms with Crippen molar-refractivity contribution in [3.8, 4) is 5.88 Å². The van der Waals surface area contributed by atoms with Crippen LogP contribution >= 0.6 is 0 Å². The van der Waals surface area contributed by atoms with Crippen LogP contribution in [0.15, 0.2) is 42.6 Å². The van der Waals surface area contributed by atoms with E-state index >= 15 is 0 Å². The van der Waals surface area contributed by atoms with Gasteiger partial charge in [-0.1, -0.05) is 0 Å². The minimum absolute atomic E-state index is 0.0276. The molecular formula is C22H18F4N4O2. The second-order valence-electron chi connectivity index (χ2n) is 7.28. The van der Waals surface area contributed by atoms with E-state index in [2.05, 4.69) is 9.97 Å². The van der Waals surface area contributed by atoms with E-state index in [0.717, 1.165) is 12.3 Å². The molecule has 3 aromatic rings. The Morgan fingerprint density at radius 2 is 1.72 bits per heavy atom. The van der Waals surface area contributed by atoms with Crippen LogP contribution in [0.3, 0.4) is 0 Å². The van der Waals surface area contributed by atoms with Gasteiger partial charge < -0.3 is 9.64 Å². The number of nitrogens with zero attached hydrogens (tertiary/aromatic N) is 4. The summed E-state index contributed by atoms with van der Waals surface area (Å²) in [7, 11) is 1.45. The Balaban J connectivity index is 1.90. The van der Waals surface area contributed by atoms with Gasteiger partial charge in [-0.05, 0) is 49.7 Å². The monoisotopic (exact) mass is 446 g/mol. The number of carbonyl (C=O) groups is 1. The summed E-state index contributed by atoms with van der Waals surface area (Å²) in [5.74, 6) is -0.734. The van der Waals surface area contributed by atoms with Gasteiger partial charge >= 0.3 is 6.18 Å². The highest BCUT2D eigenvalue weighted by Crippen LogP contribution is 2.39. The zero-order chi connectivity index (χ0) is 23.2. The first kappa shape index (κ1) is 21.5. The van der Waals surface area contributed by atoms with E-state index in [-0.39, 0.29) is 17.9 Å². The van der Waals surface area contributed by atoms with Crippen molar-refractivity contribution in [2.45, 2.75) is 20.0 Å². The van der Waals surface area contributed by atoms with E-state index < -0.39 is 23.6 Å². The first-order valence-corrected chi connectivity index (χ1v) is 9.54. The van der Waals surface area contributed by atoms with Crippen LogP contribution in [0.4, 0.5) is 34.6 Å². The number of halogens is 4. The van der Waals surface area contributed by atoms with Gasteiger partial charge in [-0.2, -0.15) is 13.2 Å². The topological polar surface area (TPSA) is 58.6 Å². The minimum Gasteiger partial charge on any atom is -0.481 e. The Bertz CT molecular complexity index is 1210. The van der Waals surface area contributed by atoms with Gasteiger partial charge in [-0.3, -0.25) is 9.69 Å². The number of ether oxygens (including phenoxy) is 1. The molecule has 0 N–H and O–H groups in total. The molecule has 1 aliphatic heterocycles. The van der Waals surface area contributed by atoms with Crippen molar-refractivity contribution in [3.05, 3.63) is 70.9 Å². The Morgan fingerprint density at radius 3 is 2.34 bits per heavy atom. The van der Waals surface area contributed by atoms with Crippen molar-refractivity contribution in [2.75, 3.05) is 23.6 Å². The van der Waals surface area contributed by atoms with Gasteiger partial charge in [0.15, 0.2) is 0 Å². The van der Waals surface area contributed by atoms with E-state index in [4.69, 9.17) is 4.74 Å². The lowest BCUT2D eigenvalue weighted by Crippen LogP contribution is -2.45. The number of anilines is 3. The predicted octanol–water partition coefficient (Wildman–Crippen LogP) is 5.02. The van der Waals surface area contributed by atoms with Crippen molar-refractivity contribution in [3.63, 3.8) is 0 Å². The minimum atomic E-state index is -4.72. The SMILES string of the molecule is COc1ccc(N2CN(c3ccc(F)cc3C)c3cnc(C(F)(F)F)cc3C2=O)c(C)n1. The number of amides is 1. The summed E-state index contributed by atoms with van der Waals surface area (Å²) in [5, 5.41) is 0. The fourth-order valence-electron chi connectivity index (χ4n) is 3.66. The van der Waals surface area contributed by atoms with Crippen molar-refractivity contribution in [2.24, 2.45) is 0 Å². The molecule has 0 radical (unpaired) electrons. The molecule has 0 bridgehead atoms. The number of alkyl halides is 3. The maximum absolute atomic E-state index is 13.7. The smallest absolute Gasteiger partial charge is 0.433 e. The van der Waals surface area contributed by atoms with E-state index in [0.29, 0.717) is 28.5 Å². The molecule has 0 spiro atoms. The van der Waals surface area contributed by atoms with E-state index in [1.54, 1.807) is 30.9 Å². The number of aromatic nitrogens is 2. The van der Waals surface area contributed by atoms with Gasteiger partial charge in [0.05, 0.1) is 35.9 Å². The summed E-state index contributed by atoms with van der Waals surface area (Å²) < 4.78 is 58.7. The van der Waals surface area contributed by atoms with Crippen molar-refractivity contribution in [1.82, 2.24) is 9.97 Å². The molecule has 4 rings (SSSR count). The number of hydrogen-bond acceptors (Lipinski definition) is 5. The average molecular weight is 446 g/mol. The number of benzene rings is 1. The summed E-state index contributed by atoms with van der Waals surface area (Å²) in [6.07, 6.45) is -3.69. The van der Waals surface area contributed by atoms with Crippen LogP contribution in [0.2, 0.25) is 0 Å². The van der Waals surface area contributed by atoms with Crippen LogP contribution in [0.5, 0.6) is 5.88 Å². The van der Waals surface area contributed by atoms with Crippen molar-refractivity contribution < 1.29 is 27.1 Å². The molecule has 6 nitrogen and oxygen atoms in total. The Morgan fingerprint density at radius 1 is 1.00 bits per heavy atom. The van der Waals surface area contributed by atoms with E-state index in [1.165, 1.54) is 30.2 Å². The summed E-state index contributed by atoms with van der Waals surface area (Å²) in [5.41, 5.74) is 0.816. The molecule has 0 saturated carbocycles. The predicted molar refractivity (Wildman–Crippen MR) is 110 cm³/mol. The molecule has 0 aliphatic carbocycles. The van der Waals surface area contributed by atoms with Crippen LogP contribution in [0, 0.1) is 19.7 Å². The van der Waals surface area contributed by atoms with E-state index in [1.807, 2.05) is 0 Å². The zero-order valence-corrected chi connectivity index (χ0v) is 17.4. The van der Waals surface area contributed by atoms with Crippen LogP contribution in [0.1, 0.15) is 27.3 Å². The van der Waals surface area contributed by atoms with Crippen LogP contribution in [-0.2, 0) is 6.18 Å². The molecule has 0 fully saturated rings. The molecule has 0 atom stereocenters. The Hall–Kier alpha value is -3.69. The fraction of sp³-hybridized carbons (Fsp3) is 0.227. The molecule has 0 unspecified atom stereocenters. The molecule has 0 saturated heterocycles. The van der Waals surface area contributed by atoms with Gasteiger partial charge in [0.2, 0.25) is 5.88 Å². The standard InChI is InChI=1S/C22H18F4N4O2/c1-12-8-14(23)4-5-16(12)29-11-30(17-6-7-20(32-3)28-13(17)2)21(31)15-9-19(22(24,25)26)27-10-18(15)29/h4-10H,11H2,1-3H3. The number of rotatable bonds is 3. The highest BCUT2D eigenvalue weighted by molar-refractivity contribution is 6.12. The lowest BCUT2D eigenvalue weighted by molar-refractivity contribution is -0.141. The summed E-state index contributed by atoms with van der Waals surface area (Å²) in [6.45, 7) is 3.32. The number of methoxy groups -OCH3 is 1. The number of aryl methyl sites for hydroxylation is 2. The Labute approximate surface area is 181 Å². The van der Waals surface area contributed by atoms with Crippen LogP contribution in [-0.4, -0.2) is 29.7 Å². The number of hydrogen-bond donors (Lipinski definition) is 0. The quantitative estimate of drug-likeness (QED) is 0.529. The summed E-state index contributed by atoms with van der Waals surface area (Å²) in [4.78, 5) is 24.0. The Kier molecular flexibility index (Phi) is 5.23. The summed E-state index contributed by atoms with van der Waals surface area (Å²) in [6, 6.07) is 7.99. The average Bonchev–Trinajstić information content (AvgIpc) is 2.74. The highest BCUT2D eigenvalue weighted by atomic mass is 19.4. The second kappa shape index (κ2) is 7.77. The molecule has 10 heteroatoms. The number of pyridine rings is 2. The molecule has 166 valence electrons. The van der Waals surface area contributed by atoms with Crippen LogP contribution < -0.4 is 14.5 Å². The number of fused-ring (bicyclic) bond motifs is 1. The van der Waals surface area contributed by atoms with Crippen LogP contribution in [0.25, 0.3) is 0 Å². The molecule has 1 amide bonds. The largest absolute Gasteiger partial charge is 0.481 e. The lowest BCUT2D eigenvalue weighted by atomic mass is 10.1. The molecular weight excluding hydrogens is 428 g/mol. The molecule has 1 aliphatic rings. The molecule has 1 aromatic carbocycles. The first-order chi connectivity index (χ1) is 15.1. The third-order valence-electron chi connectivity index (χ3n) is 5.20. The van der Waals surface area contributed by atoms with Gasteiger partial charge in [-0.25, -0.2) is 14.4 Å². The zero-order valence-electron chi connectivity index (χ0n) is 17.4. The van der Waals surface area contributed by atoms with Gasteiger partial charge in [0.25, 0.3) is 5.91 Å². The summed E-state index contributed by atoms with van der Waals surface area (Å²) >= 11 is 0. The van der Waals surface area contributed by atoms with E-state index in [9.17, 15) is 22.4 Å². The normalized spacial score (nSPS) is 13.9. The first-order valence-electron chi connectivity index (χ1n) is 9.54. The third kappa shape index (κ3) is 3.72. The fourth-order valence-corrected chi connectivity index (χ4v) is 3.66. The molecule has 3 heterocycles. The van der Waals surface area contributed by atoms with Gasteiger partial charge in [0.1, 0.15) is 18.2 Å². The van der Waals surface area contributed by atoms with Crippen molar-refractivity contribution >= 4 is 23.0 Å². The molecule has 2 aromatic heterocycles. The maximum atomic E-state index is 13.7. The lowest BCUT2D eigenvalue weighted by Gasteiger charge is -2.39. The van der Waals surface area contributed by atoms with Crippen molar-refractivity contribution in [1.29, 1.82) is 0 Å². The highest BCUT2D eigenvalue weighted by Gasteiger charge is 2.38. The van der Waals surface area contributed by atoms with Gasteiger partial charge in [-0.15, -0.1) is 0 Å². The third-order valence-corrected chi connectivity index (χ3v) is 5.20. The number of carbonyl (C=O) groups excluding carboxylic acids is 1. The molecule has 32 heavy (non-hydrogen) atoms. The maximum Gasteiger partial charge on any atom is 0.433 e. The second-order valence-corrected chi connectivity index (χ2v) is 7.28. The van der Waals surface area contributed by atoms with Gasteiger partial charge in [0, 0.05) is 11.8 Å².